The number of aliphatic hydroxyl groups is 1. The van der Waals surface area contributed by atoms with Crippen molar-refractivity contribution in [3.05, 3.63) is 0 Å². The lowest BCUT2D eigenvalue weighted by molar-refractivity contribution is 0.210. The molecule has 1 saturated heterocycles. The van der Waals surface area contributed by atoms with Crippen molar-refractivity contribution in [1.82, 2.24) is 5.32 Å². The minimum Gasteiger partial charge on any atom is -0.393 e. The Bertz CT molecular complexity index is 167. The zero-order valence-electron chi connectivity index (χ0n) is 10.7. The van der Waals surface area contributed by atoms with Gasteiger partial charge in [-0.2, -0.15) is 0 Å². The van der Waals surface area contributed by atoms with Crippen LogP contribution >= 0.6 is 0 Å². The fourth-order valence-corrected chi connectivity index (χ4v) is 2.66. The molecule has 0 unspecified atom stereocenters. The van der Waals surface area contributed by atoms with Crippen molar-refractivity contribution in [2.75, 3.05) is 20.1 Å². The minimum atomic E-state index is 0.0833. The molecule has 0 amide bonds. The second-order valence-corrected chi connectivity index (χ2v) is 5.19. The summed E-state index contributed by atoms with van der Waals surface area (Å²) in [6.07, 6.45) is 11.1. The summed E-state index contributed by atoms with van der Waals surface area (Å²) in [5, 5.41) is 11.6. The van der Waals surface area contributed by atoms with E-state index in [1.165, 1.54) is 58.7 Å². The molecule has 0 atom stereocenters. The van der Waals surface area contributed by atoms with E-state index in [2.05, 4.69) is 11.1 Å². The molecule has 0 aromatic rings. The average molecular weight is 228 g/mol. The van der Waals surface area contributed by atoms with Gasteiger partial charge in [-0.3, -0.25) is 0 Å². The standard InChI is InChI=1S/C9H17N.C3H6O.CH5N/c1-2-4-9(3-1)5-7-10-8-6-9;4-3-1-2-3;1-2/h10H,1-8H2;3-4H,1-2H2;2H2,1H3. The molecule has 3 fully saturated rings. The van der Waals surface area contributed by atoms with Gasteiger partial charge in [0.2, 0.25) is 0 Å². The van der Waals surface area contributed by atoms with Crippen molar-refractivity contribution >= 4 is 0 Å². The van der Waals surface area contributed by atoms with E-state index in [1.807, 2.05) is 0 Å². The summed E-state index contributed by atoms with van der Waals surface area (Å²) in [6.45, 7) is 2.56. The lowest BCUT2D eigenvalue weighted by atomic mass is 9.78. The van der Waals surface area contributed by atoms with Crippen LogP contribution in [-0.4, -0.2) is 31.3 Å². The van der Waals surface area contributed by atoms with Crippen LogP contribution < -0.4 is 11.1 Å². The maximum atomic E-state index is 8.17. The molecule has 1 spiro atoms. The van der Waals surface area contributed by atoms with Crippen LogP contribution in [0, 0.1) is 5.41 Å². The number of aliphatic hydroxyl groups excluding tert-OH is 1. The minimum absolute atomic E-state index is 0.0833. The van der Waals surface area contributed by atoms with Crippen LogP contribution in [0.5, 0.6) is 0 Å². The third-order valence-corrected chi connectivity index (χ3v) is 3.88. The first kappa shape index (κ1) is 13.9. The van der Waals surface area contributed by atoms with E-state index in [1.54, 1.807) is 0 Å². The summed E-state index contributed by atoms with van der Waals surface area (Å²) < 4.78 is 0. The molecule has 0 bridgehead atoms. The van der Waals surface area contributed by atoms with Gasteiger partial charge in [-0.1, -0.05) is 12.8 Å². The normalized spacial score (nSPS) is 26.4. The molecule has 2 saturated carbocycles. The quantitative estimate of drug-likeness (QED) is 0.591. The van der Waals surface area contributed by atoms with Gasteiger partial charge in [0.15, 0.2) is 0 Å². The summed E-state index contributed by atoms with van der Waals surface area (Å²) in [6, 6.07) is 0. The Morgan fingerprint density at radius 2 is 1.44 bits per heavy atom. The van der Waals surface area contributed by atoms with E-state index < -0.39 is 0 Å². The van der Waals surface area contributed by atoms with Crippen LogP contribution in [0.2, 0.25) is 0 Å². The first-order valence-corrected chi connectivity index (χ1v) is 6.77. The fraction of sp³-hybridized carbons (Fsp3) is 1.00. The average Bonchev–Trinajstić information content (AvgIpc) is 3.00. The Morgan fingerprint density at radius 3 is 1.81 bits per heavy atom. The third-order valence-electron chi connectivity index (χ3n) is 3.88. The van der Waals surface area contributed by atoms with Crippen molar-refractivity contribution in [3.8, 4) is 0 Å². The van der Waals surface area contributed by atoms with E-state index in [4.69, 9.17) is 5.11 Å². The molecule has 3 aliphatic rings. The Labute approximate surface area is 99.8 Å². The molecule has 4 N–H and O–H groups in total. The molecule has 0 aromatic carbocycles. The molecule has 0 aromatic heterocycles. The first-order chi connectivity index (χ1) is 7.81. The van der Waals surface area contributed by atoms with Crippen LogP contribution in [0.3, 0.4) is 0 Å². The van der Waals surface area contributed by atoms with E-state index in [-0.39, 0.29) is 6.10 Å². The molecule has 3 nitrogen and oxygen atoms in total. The molecule has 1 aliphatic heterocycles. The Morgan fingerprint density at radius 1 is 1.00 bits per heavy atom. The molecule has 96 valence electrons. The molecule has 3 heteroatoms. The van der Waals surface area contributed by atoms with Crippen LogP contribution in [0.1, 0.15) is 51.4 Å². The molecule has 2 aliphatic carbocycles. The molecule has 1 heterocycles. The van der Waals surface area contributed by atoms with E-state index in [9.17, 15) is 0 Å². The SMILES string of the molecule is C1CCC2(C1)CCNCC2.CN.OC1CC1. The van der Waals surface area contributed by atoms with E-state index in [0.717, 1.165) is 18.3 Å². The lowest BCUT2D eigenvalue weighted by Crippen LogP contribution is -2.34. The van der Waals surface area contributed by atoms with Crippen molar-refractivity contribution in [2.24, 2.45) is 11.1 Å². The maximum Gasteiger partial charge on any atom is 0.0542 e. The summed E-state index contributed by atoms with van der Waals surface area (Å²) in [5.74, 6) is 0. The smallest absolute Gasteiger partial charge is 0.0542 e. The number of piperidine rings is 1. The Kier molecular flexibility index (Phi) is 6.32. The van der Waals surface area contributed by atoms with Gasteiger partial charge in [-0.15, -0.1) is 0 Å². The predicted octanol–water partition coefficient (Wildman–Crippen LogP) is 1.65. The van der Waals surface area contributed by atoms with E-state index in [0.29, 0.717) is 0 Å². The highest BCUT2D eigenvalue weighted by Crippen LogP contribution is 2.44. The summed E-state index contributed by atoms with van der Waals surface area (Å²) in [4.78, 5) is 0. The van der Waals surface area contributed by atoms with Gasteiger partial charge < -0.3 is 16.2 Å². The van der Waals surface area contributed by atoms with Gasteiger partial charge in [0.1, 0.15) is 0 Å². The zero-order valence-corrected chi connectivity index (χ0v) is 10.7. The molecular weight excluding hydrogens is 200 g/mol. The number of hydrogen-bond donors (Lipinski definition) is 3. The number of hydrogen-bond acceptors (Lipinski definition) is 3. The van der Waals surface area contributed by atoms with E-state index >= 15 is 0 Å². The summed E-state index contributed by atoms with van der Waals surface area (Å²) >= 11 is 0. The van der Waals surface area contributed by atoms with Crippen LogP contribution in [-0.2, 0) is 0 Å². The fourth-order valence-electron chi connectivity index (χ4n) is 2.66. The van der Waals surface area contributed by atoms with Gasteiger partial charge in [0.05, 0.1) is 6.10 Å². The van der Waals surface area contributed by atoms with Crippen molar-refractivity contribution in [2.45, 2.75) is 57.5 Å². The Hall–Kier alpha value is -0.120. The van der Waals surface area contributed by atoms with Crippen molar-refractivity contribution in [3.63, 3.8) is 0 Å². The largest absolute Gasteiger partial charge is 0.393 e. The van der Waals surface area contributed by atoms with Gasteiger partial charge in [-0.05, 0) is 64.1 Å². The van der Waals surface area contributed by atoms with Crippen molar-refractivity contribution in [1.29, 1.82) is 0 Å². The topological polar surface area (TPSA) is 58.3 Å². The number of nitrogens with one attached hydrogen (secondary N) is 1. The second-order valence-electron chi connectivity index (χ2n) is 5.19. The summed E-state index contributed by atoms with van der Waals surface area (Å²) in [5.41, 5.74) is 5.31. The molecular formula is C13H28N2O. The van der Waals surface area contributed by atoms with Gasteiger partial charge in [0.25, 0.3) is 0 Å². The maximum absolute atomic E-state index is 8.17. The number of nitrogens with two attached hydrogens (primary N) is 1. The van der Waals surface area contributed by atoms with Crippen LogP contribution in [0.4, 0.5) is 0 Å². The monoisotopic (exact) mass is 228 g/mol. The van der Waals surface area contributed by atoms with Crippen LogP contribution in [0.15, 0.2) is 0 Å². The van der Waals surface area contributed by atoms with Gasteiger partial charge in [-0.25, -0.2) is 0 Å². The highest BCUT2D eigenvalue weighted by Gasteiger charge is 2.34. The number of rotatable bonds is 0. The summed E-state index contributed by atoms with van der Waals surface area (Å²) in [7, 11) is 1.50. The van der Waals surface area contributed by atoms with Gasteiger partial charge >= 0.3 is 0 Å². The Balaban J connectivity index is 0.000000179. The third kappa shape index (κ3) is 4.81. The predicted molar refractivity (Wildman–Crippen MR) is 68.4 cm³/mol. The zero-order chi connectivity index (χ0) is 11.9. The first-order valence-electron chi connectivity index (χ1n) is 6.77. The molecule has 3 rings (SSSR count). The molecule has 0 radical (unpaired) electrons. The van der Waals surface area contributed by atoms with Crippen LogP contribution in [0.25, 0.3) is 0 Å². The highest BCUT2D eigenvalue weighted by atomic mass is 16.3. The lowest BCUT2D eigenvalue weighted by Gasteiger charge is -2.33. The van der Waals surface area contributed by atoms with Gasteiger partial charge in [0, 0.05) is 0 Å². The molecule has 16 heavy (non-hydrogen) atoms. The second kappa shape index (κ2) is 7.25. The van der Waals surface area contributed by atoms with Crippen molar-refractivity contribution < 1.29 is 5.11 Å². The highest BCUT2D eigenvalue weighted by molar-refractivity contribution is 4.88.